The molecule has 0 fully saturated rings. The van der Waals surface area contributed by atoms with Crippen molar-refractivity contribution in [3.8, 4) is 11.5 Å². The Morgan fingerprint density at radius 3 is 1.69 bits per heavy atom. The molecule has 0 saturated heterocycles. The largest absolute Gasteiger partial charge is 0.497 e. The van der Waals surface area contributed by atoms with Crippen molar-refractivity contribution < 1.29 is 41.0 Å². The molecule has 11 heteroatoms. The molecule has 5 rings (SSSR count). The first kappa shape index (κ1) is 28.2. The maximum atomic E-state index is 15.1. The van der Waals surface area contributed by atoms with E-state index in [1.54, 1.807) is 24.3 Å². The van der Waals surface area contributed by atoms with E-state index in [4.69, 9.17) is 9.47 Å². The van der Waals surface area contributed by atoms with E-state index in [1.165, 1.54) is 62.9 Å². The summed E-state index contributed by atoms with van der Waals surface area (Å²) in [5.41, 5.74) is -1.96. The molecule has 0 amide bonds. The van der Waals surface area contributed by atoms with Crippen LogP contribution in [0.25, 0.3) is 5.57 Å². The Hall–Kier alpha value is -5.32. The summed E-state index contributed by atoms with van der Waals surface area (Å²) in [5, 5.41) is 0. The zero-order chi connectivity index (χ0) is 30.1. The number of hydrogen-bond donors (Lipinski definition) is 1. The maximum absolute atomic E-state index is 15.1. The van der Waals surface area contributed by atoms with Gasteiger partial charge in [0.25, 0.3) is 0 Å². The van der Waals surface area contributed by atoms with Gasteiger partial charge in [-0.1, -0.05) is 0 Å². The van der Waals surface area contributed by atoms with Gasteiger partial charge in [0.1, 0.15) is 17.2 Å². The summed E-state index contributed by atoms with van der Waals surface area (Å²) < 4.78 is 82.8. The highest BCUT2D eigenvalue weighted by Gasteiger charge is 2.31. The van der Waals surface area contributed by atoms with Crippen LogP contribution in [0.3, 0.4) is 0 Å². The zero-order valence-electron chi connectivity index (χ0n) is 21.9. The van der Waals surface area contributed by atoms with Gasteiger partial charge in [0, 0.05) is 34.2 Å². The Morgan fingerprint density at radius 1 is 0.667 bits per heavy atom. The summed E-state index contributed by atoms with van der Waals surface area (Å²) in [5.74, 6) is -10.9. The SMILES string of the molecule is COc1ccc(C(=O)C2=N/C(=C(\c3cc(C(=O)c4ccc(OC)cc4)c[nH]3)c3c(F)c(F)c(F)c(F)c3F)C=C2)cc1. The molecule has 0 atom stereocenters. The first-order valence-electron chi connectivity index (χ1n) is 12.2. The molecular formula is C31H19F5N2O4. The molecule has 6 nitrogen and oxygen atoms in total. The van der Waals surface area contributed by atoms with Gasteiger partial charge in [-0.05, 0) is 66.7 Å². The van der Waals surface area contributed by atoms with Crippen LogP contribution in [-0.2, 0) is 0 Å². The number of carbonyl (C=O) groups excluding carboxylic acids is 2. The number of ether oxygens (including phenoxy) is 2. The van der Waals surface area contributed by atoms with Gasteiger partial charge in [-0.25, -0.2) is 26.9 Å². The Bertz CT molecular complexity index is 1790. The van der Waals surface area contributed by atoms with Gasteiger partial charge in [-0.15, -0.1) is 0 Å². The quantitative estimate of drug-likeness (QED) is 0.110. The molecule has 0 saturated carbocycles. The van der Waals surface area contributed by atoms with Crippen LogP contribution >= 0.6 is 0 Å². The first-order valence-corrected chi connectivity index (χ1v) is 12.2. The van der Waals surface area contributed by atoms with Crippen molar-refractivity contribution >= 4 is 22.9 Å². The van der Waals surface area contributed by atoms with Crippen LogP contribution < -0.4 is 9.47 Å². The summed E-state index contributed by atoms with van der Waals surface area (Å²) in [6, 6.07) is 13.4. The monoisotopic (exact) mass is 578 g/mol. The lowest BCUT2D eigenvalue weighted by atomic mass is 9.97. The Labute approximate surface area is 235 Å². The maximum Gasteiger partial charge on any atom is 0.211 e. The smallest absolute Gasteiger partial charge is 0.211 e. The van der Waals surface area contributed by atoms with Crippen LogP contribution in [0.1, 0.15) is 37.5 Å². The lowest BCUT2D eigenvalue weighted by molar-refractivity contribution is 0.103. The van der Waals surface area contributed by atoms with E-state index in [0.29, 0.717) is 11.5 Å². The molecule has 212 valence electrons. The number of nitrogens with zero attached hydrogens (tertiary/aromatic N) is 1. The molecule has 1 aromatic heterocycles. The van der Waals surface area contributed by atoms with Gasteiger partial charge >= 0.3 is 0 Å². The fourth-order valence-corrected chi connectivity index (χ4v) is 4.32. The predicted molar refractivity (Wildman–Crippen MR) is 143 cm³/mol. The molecule has 0 radical (unpaired) electrons. The second-order valence-electron chi connectivity index (χ2n) is 8.95. The number of ketones is 2. The standard InChI is InChI=1S/C31H19F5N2O4/c1-41-18-7-3-15(4-8-18)30(39)17-13-22(37-14-17)23(24-25(32)27(34)29(36)28(35)26(24)33)20-11-12-21(38-20)31(40)16-5-9-19(42-2)10-6-16/h3-14,37H,1-2H3/b23-20+. The highest BCUT2D eigenvalue weighted by Crippen LogP contribution is 2.36. The number of methoxy groups -OCH3 is 2. The van der Waals surface area contributed by atoms with Gasteiger partial charge in [0.05, 0.1) is 25.5 Å². The van der Waals surface area contributed by atoms with Crippen molar-refractivity contribution in [2.75, 3.05) is 14.2 Å². The van der Waals surface area contributed by atoms with Crippen LogP contribution in [-0.4, -0.2) is 36.5 Å². The molecule has 4 aromatic rings. The number of benzene rings is 3. The predicted octanol–water partition coefficient (Wildman–Crippen LogP) is 6.61. The minimum absolute atomic E-state index is 0.0256. The van der Waals surface area contributed by atoms with Crippen molar-refractivity contribution in [1.82, 2.24) is 4.98 Å². The zero-order valence-corrected chi connectivity index (χ0v) is 21.9. The van der Waals surface area contributed by atoms with Crippen LogP contribution in [0.5, 0.6) is 11.5 Å². The molecular weight excluding hydrogens is 559 g/mol. The number of rotatable bonds is 8. The summed E-state index contributed by atoms with van der Waals surface area (Å²) in [4.78, 5) is 33.0. The number of H-pyrrole nitrogens is 1. The van der Waals surface area contributed by atoms with E-state index in [9.17, 15) is 22.8 Å². The molecule has 0 bridgehead atoms. The van der Waals surface area contributed by atoms with Gasteiger partial charge < -0.3 is 14.5 Å². The minimum atomic E-state index is -2.33. The molecule has 3 aromatic carbocycles. The van der Waals surface area contributed by atoms with E-state index >= 15 is 8.78 Å². The van der Waals surface area contributed by atoms with E-state index in [1.807, 2.05) is 0 Å². The number of aromatic nitrogens is 1. The molecule has 2 heterocycles. The van der Waals surface area contributed by atoms with E-state index in [0.717, 1.165) is 0 Å². The molecule has 1 aliphatic heterocycles. The lowest BCUT2D eigenvalue weighted by Crippen LogP contribution is -2.10. The molecule has 42 heavy (non-hydrogen) atoms. The number of Topliss-reactive ketones (excluding diaryl/α,β-unsaturated/α-hetero) is 1. The number of nitrogens with one attached hydrogen (secondary N) is 1. The van der Waals surface area contributed by atoms with Crippen molar-refractivity contribution in [3.05, 3.63) is 136 Å². The first-order chi connectivity index (χ1) is 20.1. The third-order valence-corrected chi connectivity index (χ3v) is 6.51. The number of hydrogen-bond acceptors (Lipinski definition) is 5. The van der Waals surface area contributed by atoms with E-state index in [-0.39, 0.29) is 33.8 Å². The highest BCUT2D eigenvalue weighted by atomic mass is 19.2. The van der Waals surface area contributed by atoms with Crippen LogP contribution in [0, 0.1) is 29.1 Å². The van der Waals surface area contributed by atoms with Crippen molar-refractivity contribution in [3.63, 3.8) is 0 Å². The number of halogens is 5. The Balaban J connectivity index is 1.64. The number of aliphatic imine (C=N–C) groups is 1. The fourth-order valence-electron chi connectivity index (χ4n) is 4.32. The van der Waals surface area contributed by atoms with Gasteiger partial charge in [0.15, 0.2) is 29.1 Å². The number of carbonyl (C=O) groups is 2. The normalized spacial score (nSPS) is 13.6. The van der Waals surface area contributed by atoms with E-state index in [2.05, 4.69) is 9.98 Å². The summed E-state index contributed by atoms with van der Waals surface area (Å²) in [6.45, 7) is 0. The molecule has 0 aliphatic carbocycles. The topological polar surface area (TPSA) is 80.8 Å². The second kappa shape index (κ2) is 11.3. The van der Waals surface area contributed by atoms with Crippen LogP contribution in [0.15, 0.2) is 83.6 Å². The third kappa shape index (κ3) is 5.00. The Kier molecular flexibility index (Phi) is 7.58. The molecule has 0 unspecified atom stereocenters. The van der Waals surface area contributed by atoms with Gasteiger partial charge in [-0.2, -0.15) is 0 Å². The van der Waals surface area contributed by atoms with Gasteiger partial charge in [-0.3, -0.25) is 9.59 Å². The Morgan fingerprint density at radius 2 is 1.17 bits per heavy atom. The minimum Gasteiger partial charge on any atom is -0.497 e. The van der Waals surface area contributed by atoms with Crippen molar-refractivity contribution in [2.45, 2.75) is 0 Å². The second-order valence-corrected chi connectivity index (χ2v) is 8.95. The summed E-state index contributed by atoms with van der Waals surface area (Å²) in [6.07, 6.45) is 3.68. The highest BCUT2D eigenvalue weighted by molar-refractivity contribution is 6.50. The fraction of sp³-hybridized carbons (Fsp3) is 0.0645. The van der Waals surface area contributed by atoms with Crippen LogP contribution in [0.2, 0.25) is 0 Å². The van der Waals surface area contributed by atoms with Crippen LogP contribution in [0.4, 0.5) is 22.0 Å². The lowest BCUT2D eigenvalue weighted by Gasteiger charge is -2.12. The summed E-state index contributed by atoms with van der Waals surface area (Å²) >= 11 is 0. The molecule has 0 spiro atoms. The van der Waals surface area contributed by atoms with E-state index < -0.39 is 51.8 Å². The van der Waals surface area contributed by atoms with Crippen molar-refractivity contribution in [1.29, 1.82) is 0 Å². The third-order valence-electron chi connectivity index (χ3n) is 6.51. The number of aromatic amines is 1. The molecule has 1 aliphatic rings. The summed E-state index contributed by atoms with van der Waals surface area (Å²) in [7, 11) is 2.91. The molecule has 1 N–H and O–H groups in total. The van der Waals surface area contributed by atoms with Crippen molar-refractivity contribution in [2.24, 2.45) is 4.99 Å². The average Bonchev–Trinajstić information content (AvgIpc) is 3.71. The van der Waals surface area contributed by atoms with Gasteiger partial charge in [0.2, 0.25) is 11.6 Å². The number of allylic oxidation sites excluding steroid dienone is 2. The average molecular weight is 578 g/mol.